The minimum Gasteiger partial charge on any atom is -1.00 e. The Morgan fingerprint density at radius 1 is 0.797 bits per heavy atom. The number of rotatable bonds is 11. The van der Waals surface area contributed by atoms with Crippen molar-refractivity contribution in [2.45, 2.75) is 41.5 Å². The second kappa shape index (κ2) is 22.8. The normalized spacial score (nSPS) is 10.7. The summed E-state index contributed by atoms with van der Waals surface area (Å²) in [5.74, 6) is 1.46. The smallest absolute Gasteiger partial charge is 1.00 e. The third-order valence-electron chi connectivity index (χ3n) is 9.63. The number of hydrogen-bond donors (Lipinski definition) is 3. The van der Waals surface area contributed by atoms with Gasteiger partial charge in [-0.05, 0) is 56.3 Å². The van der Waals surface area contributed by atoms with Gasteiger partial charge in [-0.1, -0.05) is 39.3 Å². The molecular formula is C45H49ClFN12NaO4. The van der Waals surface area contributed by atoms with Crippen LogP contribution in [0.2, 0.25) is 5.15 Å². The molecule has 19 heteroatoms. The number of hydrogen-bond acceptors (Lipinski definition) is 12. The quantitative estimate of drug-likeness (QED) is 0.0568. The molecular weight excluding hydrogens is 850 g/mol. The molecule has 8 rings (SSSR count). The van der Waals surface area contributed by atoms with Crippen molar-refractivity contribution in [2.24, 2.45) is 25.9 Å². The first-order chi connectivity index (χ1) is 30.6. The van der Waals surface area contributed by atoms with Gasteiger partial charge in [-0.25, -0.2) is 19.6 Å². The number of ketones is 2. The Hall–Kier alpha value is -6.40. The molecule has 0 aliphatic rings. The number of nitrogens with one attached hydrogen (secondary N) is 3. The van der Waals surface area contributed by atoms with Gasteiger partial charge in [0.05, 0.1) is 31.5 Å². The fourth-order valence-electron chi connectivity index (χ4n) is 6.33. The Labute approximate surface area is 399 Å². The molecule has 0 saturated heterocycles. The summed E-state index contributed by atoms with van der Waals surface area (Å²) in [6, 6.07) is 15.0. The molecule has 0 atom stereocenters. The molecule has 0 amide bonds. The number of alkyl halides is 1. The Morgan fingerprint density at radius 2 is 1.30 bits per heavy atom. The standard InChI is InChI=1S/C22H22N6O2.C17H17ClN4O.C5H6N2O.CH3F.Na.H/c1-13(2)21(30)18-11-27(4)19-6-5-16(9-17(18)19)24-22-23-8-7-20(25-22)28-10-15(12-29)14(3)26-28;1-10(2)16(23)13-9-22(3)14-5-4-11(8-12(13)14)20-17-19-7-6-15(18)21-17;1-4-5(3-8)2-6-7-4;1-2;;/h5-13H,1-4H3,(H,23,24,25);4-10H,1-3H3,(H,19,20,21);2-3H,1H3,(H,6,7);1H3;;/q;;;;+1;-1/i;;;1D;;. The second-order valence-electron chi connectivity index (χ2n) is 14.8. The van der Waals surface area contributed by atoms with Gasteiger partial charge in [0.1, 0.15) is 5.15 Å². The first kappa shape index (κ1) is 48.6. The summed E-state index contributed by atoms with van der Waals surface area (Å²) in [4.78, 5) is 63.1. The number of Topliss-reactive ketones (excluding diaryl/α,β-unsaturated/α-hetero) is 2. The minimum atomic E-state index is -1.00. The van der Waals surface area contributed by atoms with Crippen LogP contribution in [0.5, 0.6) is 0 Å². The Kier molecular flexibility index (Phi) is 17.3. The maximum absolute atomic E-state index is 12.6. The molecule has 0 spiro atoms. The number of benzene rings is 2. The van der Waals surface area contributed by atoms with E-state index in [2.05, 4.69) is 45.9 Å². The van der Waals surface area contributed by atoms with Gasteiger partial charge < -0.3 is 21.2 Å². The summed E-state index contributed by atoms with van der Waals surface area (Å²) < 4.78 is 21.0. The van der Waals surface area contributed by atoms with Crippen molar-refractivity contribution in [3.63, 3.8) is 0 Å². The zero-order valence-electron chi connectivity index (χ0n) is 39.0. The predicted octanol–water partition coefficient (Wildman–Crippen LogP) is 6.29. The summed E-state index contributed by atoms with van der Waals surface area (Å²) in [7, 11) is 2.87. The van der Waals surface area contributed by atoms with Gasteiger partial charge in [0.15, 0.2) is 30.0 Å². The van der Waals surface area contributed by atoms with Crippen molar-refractivity contribution in [3.8, 4) is 5.82 Å². The van der Waals surface area contributed by atoms with E-state index < -0.39 is 7.15 Å². The zero-order valence-corrected chi connectivity index (χ0v) is 39.8. The molecule has 0 aliphatic carbocycles. The van der Waals surface area contributed by atoms with Crippen molar-refractivity contribution < 1.29 is 55.9 Å². The molecule has 0 unspecified atom stereocenters. The summed E-state index contributed by atoms with van der Waals surface area (Å²) >= 11 is 5.87. The molecule has 0 aliphatic heterocycles. The molecule has 8 aromatic rings. The number of nitrogens with zero attached hydrogens (tertiary/aromatic N) is 9. The number of halogens is 2. The number of carbonyl (C=O) groups is 4. The number of aldehydes is 2. The fraction of sp³-hybridized carbons (Fsp3) is 0.244. The average Bonchev–Trinajstić information content (AvgIpc) is 4.04. The van der Waals surface area contributed by atoms with Crippen LogP contribution in [0.4, 0.5) is 27.7 Å². The average molecular weight is 900 g/mol. The van der Waals surface area contributed by atoms with Crippen LogP contribution in [0.25, 0.3) is 27.6 Å². The third-order valence-corrected chi connectivity index (χ3v) is 9.84. The van der Waals surface area contributed by atoms with E-state index in [4.69, 9.17) is 13.0 Å². The topological polar surface area (TPSA) is 200 Å². The molecule has 328 valence electrons. The zero-order chi connectivity index (χ0) is 46.7. The number of carbonyl (C=O) groups excluding carboxylic acids is 4. The Balaban J connectivity index is 0.000000284. The van der Waals surface area contributed by atoms with E-state index in [1.54, 1.807) is 49.3 Å². The summed E-state index contributed by atoms with van der Waals surface area (Å²) in [6.45, 7) is 11.2. The van der Waals surface area contributed by atoms with Gasteiger partial charge in [-0.2, -0.15) is 15.2 Å². The van der Waals surface area contributed by atoms with Crippen LogP contribution >= 0.6 is 11.6 Å². The van der Waals surface area contributed by atoms with Crippen LogP contribution in [-0.4, -0.2) is 80.3 Å². The first-order valence-electron chi connectivity index (χ1n) is 20.2. The summed E-state index contributed by atoms with van der Waals surface area (Å²) in [6.07, 6.45) is 11.6. The number of fused-ring (bicyclic) bond motifs is 2. The molecule has 16 nitrogen and oxygen atoms in total. The van der Waals surface area contributed by atoms with Gasteiger partial charge in [0.25, 0.3) is 0 Å². The number of aromatic amines is 1. The van der Waals surface area contributed by atoms with Crippen molar-refractivity contribution in [3.05, 3.63) is 125 Å². The third kappa shape index (κ3) is 12.0. The van der Waals surface area contributed by atoms with Crippen LogP contribution in [0, 0.1) is 25.7 Å². The summed E-state index contributed by atoms with van der Waals surface area (Å²) in [5.41, 5.74) is 7.60. The van der Waals surface area contributed by atoms with Gasteiger partial charge in [0.2, 0.25) is 11.9 Å². The van der Waals surface area contributed by atoms with Crippen LogP contribution in [0.15, 0.2) is 85.7 Å². The molecule has 64 heavy (non-hydrogen) atoms. The maximum atomic E-state index is 12.6. The van der Waals surface area contributed by atoms with Crippen molar-refractivity contribution in [2.75, 3.05) is 17.8 Å². The van der Waals surface area contributed by atoms with E-state index in [0.717, 1.165) is 57.0 Å². The number of anilines is 4. The van der Waals surface area contributed by atoms with E-state index in [9.17, 15) is 23.6 Å². The van der Waals surface area contributed by atoms with Gasteiger partial charge in [-0.3, -0.25) is 28.7 Å². The maximum Gasteiger partial charge on any atom is 1.00 e. The first-order valence-corrected chi connectivity index (χ1v) is 19.9. The largest absolute Gasteiger partial charge is 1.00 e. The molecule has 0 fully saturated rings. The van der Waals surface area contributed by atoms with E-state index in [1.165, 1.54) is 6.20 Å². The monoisotopic (exact) mass is 899 g/mol. The Bertz CT molecular complexity index is 2930. The molecule has 6 heterocycles. The summed E-state index contributed by atoms with van der Waals surface area (Å²) in [5, 5.41) is 19.1. The molecule has 0 bridgehead atoms. The fourth-order valence-corrected chi connectivity index (χ4v) is 6.47. The minimum absolute atomic E-state index is 0. The van der Waals surface area contributed by atoms with Gasteiger partial charge >= 0.3 is 29.6 Å². The second-order valence-corrected chi connectivity index (χ2v) is 15.2. The van der Waals surface area contributed by atoms with E-state index in [-0.39, 0.29) is 54.4 Å². The van der Waals surface area contributed by atoms with Crippen LogP contribution in [0.1, 0.15) is 83.3 Å². The van der Waals surface area contributed by atoms with Crippen molar-refractivity contribution >= 4 is 80.8 Å². The SMILES string of the molecule is CC(C)C(=O)c1cn(C)c2ccc(Nc3nccc(Cl)n3)cc12.Cc1[nH]ncc1C=O.Cc1nn(-c2ccnc(Nc3ccc4c(c3)c(C(=O)C(C)C)cn4C)n2)cc1C=O.[2H]CF.[H-].[Na+]. The van der Waals surface area contributed by atoms with Gasteiger partial charge in [0, 0.05) is 113 Å². The Morgan fingerprint density at radius 3 is 1.72 bits per heavy atom. The molecule has 0 saturated carbocycles. The van der Waals surface area contributed by atoms with Crippen molar-refractivity contribution in [1.82, 2.24) is 49.0 Å². The van der Waals surface area contributed by atoms with Crippen LogP contribution < -0.4 is 40.2 Å². The molecule has 6 aromatic heterocycles. The van der Waals surface area contributed by atoms with E-state index in [1.807, 2.05) is 99.7 Å². The van der Waals surface area contributed by atoms with Crippen LogP contribution in [0.3, 0.4) is 0 Å². The number of H-pyrrole nitrogens is 1. The van der Waals surface area contributed by atoms with E-state index >= 15 is 0 Å². The van der Waals surface area contributed by atoms with Crippen molar-refractivity contribution in [1.29, 1.82) is 0 Å². The van der Waals surface area contributed by atoms with Gasteiger partial charge in [-0.15, -0.1) is 0 Å². The molecule has 2 aromatic carbocycles. The molecule has 3 N–H and O–H groups in total. The molecule has 0 radical (unpaired) electrons. The number of aryl methyl sites for hydroxylation is 4. The number of aromatic nitrogens is 10. The van der Waals surface area contributed by atoms with E-state index in [0.29, 0.717) is 45.3 Å². The predicted molar refractivity (Wildman–Crippen MR) is 244 cm³/mol. The van der Waals surface area contributed by atoms with Crippen LogP contribution in [-0.2, 0) is 14.1 Å².